The van der Waals surface area contributed by atoms with Gasteiger partial charge in [0, 0.05) is 27.2 Å². The van der Waals surface area contributed by atoms with Crippen LogP contribution in [0, 0.1) is 6.92 Å². The van der Waals surface area contributed by atoms with Crippen molar-refractivity contribution in [2.45, 2.75) is 40.0 Å². The van der Waals surface area contributed by atoms with Crippen LogP contribution in [0.15, 0.2) is 42.5 Å². The van der Waals surface area contributed by atoms with E-state index in [9.17, 15) is 4.79 Å². The highest BCUT2D eigenvalue weighted by atomic mass is 16.5. The first kappa shape index (κ1) is 20.8. The summed E-state index contributed by atoms with van der Waals surface area (Å²) >= 11 is 0. The number of amides is 1. The first-order valence-electron chi connectivity index (χ1n) is 9.31. The normalized spacial score (nSPS) is 11.7. The van der Waals surface area contributed by atoms with E-state index < -0.39 is 6.10 Å². The summed E-state index contributed by atoms with van der Waals surface area (Å²) in [4.78, 5) is 13.6. The smallest absolute Gasteiger partial charge is 0.262 e. The number of benzene rings is 2. The Morgan fingerprint density at radius 1 is 1.11 bits per heavy atom. The van der Waals surface area contributed by atoms with Crippen LogP contribution >= 0.6 is 0 Å². The lowest BCUT2D eigenvalue weighted by Crippen LogP contribution is -2.35. The number of carbonyl (C=O) groups excluding carboxylic acids is 1. The maximum absolute atomic E-state index is 12.0. The monoisotopic (exact) mass is 370 g/mol. The molecule has 0 aliphatic heterocycles. The van der Waals surface area contributed by atoms with E-state index in [1.54, 1.807) is 21.0 Å². The number of ether oxygens (including phenoxy) is 2. The topological polar surface area (TPSA) is 50.8 Å². The SMILES string of the molecule is CCOc1cc(CNCc2ccccc2C)ccc1O[C@@H](C)C(=O)N(C)C. The Balaban J connectivity index is 2.03. The van der Waals surface area contributed by atoms with Gasteiger partial charge in [0.05, 0.1) is 6.61 Å². The van der Waals surface area contributed by atoms with Crippen molar-refractivity contribution in [1.82, 2.24) is 10.2 Å². The molecule has 1 N–H and O–H groups in total. The molecule has 2 aromatic rings. The zero-order chi connectivity index (χ0) is 19.8. The van der Waals surface area contributed by atoms with Crippen LogP contribution in [0.5, 0.6) is 11.5 Å². The van der Waals surface area contributed by atoms with E-state index in [4.69, 9.17) is 9.47 Å². The fourth-order valence-corrected chi connectivity index (χ4v) is 2.78. The third-order valence-electron chi connectivity index (χ3n) is 4.31. The number of hydrogen-bond donors (Lipinski definition) is 1. The highest BCUT2D eigenvalue weighted by Crippen LogP contribution is 2.29. The van der Waals surface area contributed by atoms with Crippen LogP contribution in [0.3, 0.4) is 0 Å². The van der Waals surface area contributed by atoms with E-state index in [1.807, 2.05) is 31.2 Å². The summed E-state index contributed by atoms with van der Waals surface area (Å²) in [5, 5.41) is 3.46. The summed E-state index contributed by atoms with van der Waals surface area (Å²) in [5.41, 5.74) is 3.67. The average molecular weight is 370 g/mol. The largest absolute Gasteiger partial charge is 0.490 e. The molecule has 1 amide bonds. The third kappa shape index (κ3) is 6.00. The average Bonchev–Trinajstić information content (AvgIpc) is 2.64. The van der Waals surface area contributed by atoms with Gasteiger partial charge in [0.1, 0.15) is 0 Å². The number of rotatable bonds is 9. The molecule has 146 valence electrons. The number of hydrogen-bond acceptors (Lipinski definition) is 4. The van der Waals surface area contributed by atoms with Crippen molar-refractivity contribution in [2.75, 3.05) is 20.7 Å². The van der Waals surface area contributed by atoms with E-state index in [-0.39, 0.29) is 5.91 Å². The molecule has 0 spiro atoms. The Morgan fingerprint density at radius 3 is 2.52 bits per heavy atom. The lowest BCUT2D eigenvalue weighted by molar-refractivity contribution is -0.135. The van der Waals surface area contributed by atoms with Gasteiger partial charge in [-0.3, -0.25) is 4.79 Å². The summed E-state index contributed by atoms with van der Waals surface area (Å²) in [6, 6.07) is 14.2. The van der Waals surface area contributed by atoms with E-state index in [1.165, 1.54) is 16.0 Å². The molecule has 0 radical (unpaired) electrons. The molecule has 0 aliphatic rings. The van der Waals surface area contributed by atoms with Gasteiger partial charge < -0.3 is 19.7 Å². The van der Waals surface area contributed by atoms with Crippen molar-refractivity contribution in [3.63, 3.8) is 0 Å². The lowest BCUT2D eigenvalue weighted by atomic mass is 10.1. The number of nitrogens with zero attached hydrogens (tertiary/aromatic N) is 1. The first-order chi connectivity index (χ1) is 12.9. The molecule has 5 heteroatoms. The highest BCUT2D eigenvalue weighted by Gasteiger charge is 2.18. The molecular formula is C22H30N2O3. The number of aryl methyl sites for hydroxylation is 1. The van der Waals surface area contributed by atoms with Crippen molar-refractivity contribution in [1.29, 1.82) is 0 Å². The molecule has 0 fully saturated rings. The maximum atomic E-state index is 12.0. The molecule has 2 aromatic carbocycles. The quantitative estimate of drug-likeness (QED) is 0.734. The molecule has 0 aromatic heterocycles. The van der Waals surface area contributed by atoms with Gasteiger partial charge in [-0.15, -0.1) is 0 Å². The Labute approximate surface area is 162 Å². The van der Waals surface area contributed by atoms with Gasteiger partial charge in [0.25, 0.3) is 5.91 Å². The number of carbonyl (C=O) groups is 1. The number of nitrogens with one attached hydrogen (secondary N) is 1. The summed E-state index contributed by atoms with van der Waals surface area (Å²) in [5.74, 6) is 1.16. The number of likely N-dealkylation sites (N-methyl/N-ethyl adjacent to an activating group) is 1. The van der Waals surface area contributed by atoms with Gasteiger partial charge in [-0.1, -0.05) is 30.3 Å². The van der Waals surface area contributed by atoms with Crippen LogP contribution in [0.1, 0.15) is 30.5 Å². The highest BCUT2D eigenvalue weighted by molar-refractivity contribution is 5.80. The van der Waals surface area contributed by atoms with Crippen molar-refractivity contribution in [3.8, 4) is 11.5 Å². The van der Waals surface area contributed by atoms with Crippen LogP contribution in [0.4, 0.5) is 0 Å². The molecule has 27 heavy (non-hydrogen) atoms. The van der Waals surface area contributed by atoms with Crippen LogP contribution in [-0.2, 0) is 17.9 Å². The van der Waals surface area contributed by atoms with Crippen molar-refractivity contribution < 1.29 is 14.3 Å². The standard InChI is InChI=1S/C22H30N2O3/c1-6-26-21-13-18(14-23-15-19-10-8-7-9-16(19)2)11-12-20(21)27-17(3)22(25)24(4)5/h7-13,17,23H,6,14-15H2,1-5H3/t17-/m0/s1. The van der Waals surface area contributed by atoms with Gasteiger partial charge in [-0.25, -0.2) is 0 Å². The van der Waals surface area contributed by atoms with E-state index in [2.05, 4.69) is 30.4 Å². The van der Waals surface area contributed by atoms with Gasteiger partial charge in [-0.2, -0.15) is 0 Å². The molecule has 0 bridgehead atoms. The molecule has 0 saturated carbocycles. The van der Waals surface area contributed by atoms with Crippen molar-refractivity contribution >= 4 is 5.91 Å². The molecule has 1 atom stereocenters. The van der Waals surface area contributed by atoms with Gasteiger partial charge in [0.2, 0.25) is 0 Å². The van der Waals surface area contributed by atoms with Crippen molar-refractivity contribution in [3.05, 3.63) is 59.2 Å². The van der Waals surface area contributed by atoms with Crippen LogP contribution in [-0.4, -0.2) is 37.6 Å². The summed E-state index contributed by atoms with van der Waals surface area (Å²) in [7, 11) is 3.43. The van der Waals surface area contributed by atoms with Gasteiger partial charge in [0.15, 0.2) is 17.6 Å². The molecule has 0 unspecified atom stereocenters. The van der Waals surface area contributed by atoms with E-state index >= 15 is 0 Å². The fourth-order valence-electron chi connectivity index (χ4n) is 2.78. The Hall–Kier alpha value is -2.53. The summed E-state index contributed by atoms with van der Waals surface area (Å²) < 4.78 is 11.6. The Bertz CT molecular complexity index is 759. The van der Waals surface area contributed by atoms with Crippen molar-refractivity contribution in [2.24, 2.45) is 0 Å². The molecule has 5 nitrogen and oxygen atoms in total. The minimum Gasteiger partial charge on any atom is -0.490 e. The molecule has 2 rings (SSSR count). The predicted molar refractivity (Wildman–Crippen MR) is 108 cm³/mol. The van der Waals surface area contributed by atoms with Gasteiger partial charge >= 0.3 is 0 Å². The summed E-state index contributed by atoms with van der Waals surface area (Å²) in [6.45, 7) is 7.86. The molecule has 0 saturated heterocycles. The molecular weight excluding hydrogens is 340 g/mol. The van der Waals surface area contributed by atoms with E-state index in [0.717, 1.165) is 18.7 Å². The zero-order valence-corrected chi connectivity index (χ0v) is 16.9. The minimum atomic E-state index is -0.566. The minimum absolute atomic E-state index is 0.0820. The second kappa shape index (κ2) is 9.97. The van der Waals surface area contributed by atoms with Crippen LogP contribution in [0.25, 0.3) is 0 Å². The van der Waals surface area contributed by atoms with E-state index in [0.29, 0.717) is 18.1 Å². The lowest BCUT2D eigenvalue weighted by Gasteiger charge is -2.20. The Kier molecular flexibility index (Phi) is 7.67. The van der Waals surface area contributed by atoms with Crippen LogP contribution in [0.2, 0.25) is 0 Å². The fraction of sp³-hybridized carbons (Fsp3) is 0.409. The zero-order valence-electron chi connectivity index (χ0n) is 16.9. The molecule has 0 aliphatic carbocycles. The third-order valence-corrected chi connectivity index (χ3v) is 4.31. The second-order valence-corrected chi connectivity index (χ2v) is 6.74. The first-order valence-corrected chi connectivity index (χ1v) is 9.31. The van der Waals surface area contributed by atoms with Crippen LogP contribution < -0.4 is 14.8 Å². The summed E-state index contributed by atoms with van der Waals surface area (Å²) in [6.07, 6.45) is -0.566. The Morgan fingerprint density at radius 2 is 1.85 bits per heavy atom. The van der Waals surface area contributed by atoms with Gasteiger partial charge in [-0.05, 0) is 49.6 Å². The predicted octanol–water partition coefficient (Wildman–Crippen LogP) is 3.54. The second-order valence-electron chi connectivity index (χ2n) is 6.74. The maximum Gasteiger partial charge on any atom is 0.262 e. The molecule has 0 heterocycles.